The third-order valence-electron chi connectivity index (χ3n) is 3.40. The van der Waals surface area contributed by atoms with Crippen molar-refractivity contribution in [1.82, 2.24) is 4.90 Å². The molecule has 0 bridgehead atoms. The lowest BCUT2D eigenvalue weighted by Crippen LogP contribution is -2.50. The normalized spacial score (nSPS) is 17.7. The number of amides is 1. The molecule has 1 amide bonds. The zero-order valence-electron chi connectivity index (χ0n) is 13.2. The van der Waals surface area contributed by atoms with Crippen LogP contribution in [0.25, 0.3) is 0 Å². The Kier molecular flexibility index (Phi) is 4.39. The molecule has 0 fully saturated rings. The lowest BCUT2D eigenvalue weighted by molar-refractivity contribution is -0.147. The molecule has 1 atom stereocenters. The maximum Gasteiger partial charge on any atom is 0.411 e. The first-order chi connectivity index (χ1) is 10.2. The minimum atomic E-state index is -0.766. The van der Waals surface area contributed by atoms with Crippen molar-refractivity contribution in [2.75, 3.05) is 7.11 Å². The maximum atomic E-state index is 13.4. The van der Waals surface area contributed by atoms with Gasteiger partial charge in [-0.05, 0) is 44.0 Å². The highest BCUT2D eigenvalue weighted by Gasteiger charge is 2.37. The van der Waals surface area contributed by atoms with Crippen molar-refractivity contribution in [2.24, 2.45) is 0 Å². The Labute approximate surface area is 129 Å². The van der Waals surface area contributed by atoms with E-state index in [0.29, 0.717) is 5.56 Å². The summed E-state index contributed by atoms with van der Waals surface area (Å²) in [6, 6.07) is 3.58. The fourth-order valence-electron chi connectivity index (χ4n) is 2.41. The molecular weight excluding hydrogens is 289 g/mol. The molecule has 0 saturated carbocycles. The average Bonchev–Trinajstić information content (AvgIpc) is 2.43. The summed E-state index contributed by atoms with van der Waals surface area (Å²) >= 11 is 0. The Morgan fingerprint density at radius 1 is 1.27 bits per heavy atom. The summed E-state index contributed by atoms with van der Waals surface area (Å²) < 4.78 is 23.5. The Morgan fingerprint density at radius 3 is 2.55 bits per heavy atom. The molecule has 2 rings (SSSR count). The van der Waals surface area contributed by atoms with E-state index in [2.05, 4.69) is 0 Å². The molecule has 0 saturated heterocycles. The molecule has 1 aromatic carbocycles. The lowest BCUT2D eigenvalue weighted by Gasteiger charge is -2.36. The summed E-state index contributed by atoms with van der Waals surface area (Å²) in [7, 11) is 1.27. The van der Waals surface area contributed by atoms with Crippen LogP contribution in [0.2, 0.25) is 0 Å². The second-order valence-electron chi connectivity index (χ2n) is 6.26. The van der Waals surface area contributed by atoms with Crippen LogP contribution < -0.4 is 0 Å². The van der Waals surface area contributed by atoms with Crippen LogP contribution in [0.1, 0.15) is 31.9 Å². The van der Waals surface area contributed by atoms with Gasteiger partial charge in [0.25, 0.3) is 0 Å². The monoisotopic (exact) mass is 309 g/mol. The van der Waals surface area contributed by atoms with Gasteiger partial charge in [-0.25, -0.2) is 14.0 Å². The van der Waals surface area contributed by atoms with Crippen molar-refractivity contribution in [3.63, 3.8) is 0 Å². The number of methoxy groups -OCH3 is 1. The number of esters is 1. The van der Waals surface area contributed by atoms with Crippen LogP contribution in [-0.2, 0) is 27.2 Å². The van der Waals surface area contributed by atoms with E-state index >= 15 is 0 Å². The molecule has 0 unspecified atom stereocenters. The molecule has 0 spiro atoms. The Morgan fingerprint density at radius 2 is 1.95 bits per heavy atom. The third-order valence-corrected chi connectivity index (χ3v) is 3.40. The number of rotatable bonds is 1. The molecule has 1 aliphatic heterocycles. The van der Waals surface area contributed by atoms with Crippen molar-refractivity contribution in [3.05, 3.63) is 35.1 Å². The summed E-state index contributed by atoms with van der Waals surface area (Å²) in [5.74, 6) is -0.889. The molecule has 1 aromatic rings. The lowest BCUT2D eigenvalue weighted by atomic mass is 9.94. The van der Waals surface area contributed by atoms with E-state index < -0.39 is 23.7 Å². The van der Waals surface area contributed by atoms with E-state index in [4.69, 9.17) is 9.47 Å². The largest absolute Gasteiger partial charge is 0.467 e. The predicted molar refractivity (Wildman–Crippen MR) is 77.7 cm³/mol. The molecule has 0 N–H and O–H groups in total. The number of halogens is 1. The zero-order chi connectivity index (χ0) is 16.5. The minimum absolute atomic E-state index is 0.113. The number of hydrogen-bond acceptors (Lipinski definition) is 4. The van der Waals surface area contributed by atoms with Gasteiger partial charge in [0.2, 0.25) is 0 Å². The van der Waals surface area contributed by atoms with Crippen LogP contribution in [-0.4, -0.2) is 35.7 Å². The first-order valence-corrected chi connectivity index (χ1v) is 7.06. The summed E-state index contributed by atoms with van der Waals surface area (Å²) in [5, 5.41) is 0. The van der Waals surface area contributed by atoms with Crippen LogP contribution in [0.4, 0.5) is 9.18 Å². The fraction of sp³-hybridized carbons (Fsp3) is 0.500. The Hall–Kier alpha value is -2.11. The number of fused-ring (bicyclic) bond motifs is 1. The first-order valence-electron chi connectivity index (χ1n) is 7.06. The smallest absolute Gasteiger partial charge is 0.411 e. The number of hydrogen-bond donors (Lipinski definition) is 0. The van der Waals surface area contributed by atoms with Gasteiger partial charge in [0, 0.05) is 6.42 Å². The molecule has 0 aliphatic carbocycles. The molecule has 1 heterocycles. The first kappa shape index (κ1) is 16.3. The summed E-state index contributed by atoms with van der Waals surface area (Å²) in [6.07, 6.45) is -0.334. The van der Waals surface area contributed by atoms with Gasteiger partial charge in [-0.1, -0.05) is 6.07 Å². The van der Waals surface area contributed by atoms with Gasteiger partial charge in [0.05, 0.1) is 13.7 Å². The molecule has 1 aliphatic rings. The summed E-state index contributed by atoms with van der Waals surface area (Å²) in [5.41, 5.74) is 0.822. The summed E-state index contributed by atoms with van der Waals surface area (Å²) in [4.78, 5) is 25.6. The van der Waals surface area contributed by atoms with Crippen molar-refractivity contribution in [1.29, 1.82) is 0 Å². The highest BCUT2D eigenvalue weighted by Crippen LogP contribution is 2.26. The van der Waals surface area contributed by atoms with E-state index in [0.717, 1.165) is 5.56 Å². The van der Waals surface area contributed by atoms with Crippen LogP contribution in [0.5, 0.6) is 0 Å². The highest BCUT2D eigenvalue weighted by atomic mass is 19.1. The van der Waals surface area contributed by atoms with Gasteiger partial charge in [-0.2, -0.15) is 0 Å². The van der Waals surface area contributed by atoms with Gasteiger partial charge in [-0.15, -0.1) is 0 Å². The maximum absolute atomic E-state index is 13.4. The van der Waals surface area contributed by atoms with Crippen molar-refractivity contribution in [3.8, 4) is 0 Å². The van der Waals surface area contributed by atoms with Crippen LogP contribution in [0.15, 0.2) is 18.2 Å². The van der Waals surface area contributed by atoms with Gasteiger partial charge < -0.3 is 9.47 Å². The number of nitrogens with zero attached hydrogens (tertiary/aromatic N) is 1. The van der Waals surface area contributed by atoms with Crippen LogP contribution in [0, 0.1) is 5.82 Å². The average molecular weight is 309 g/mol. The Bertz CT molecular complexity index is 594. The van der Waals surface area contributed by atoms with E-state index in [1.165, 1.54) is 24.1 Å². The highest BCUT2D eigenvalue weighted by molar-refractivity contribution is 5.82. The van der Waals surface area contributed by atoms with Gasteiger partial charge >= 0.3 is 12.1 Å². The van der Waals surface area contributed by atoms with Crippen molar-refractivity contribution < 1.29 is 23.5 Å². The van der Waals surface area contributed by atoms with Crippen LogP contribution in [0.3, 0.4) is 0 Å². The van der Waals surface area contributed by atoms with Gasteiger partial charge in [0.1, 0.15) is 17.5 Å². The SMILES string of the molecule is COC(=O)[C@H]1Cc2ccc(F)cc2CN1C(=O)OC(C)(C)C. The second-order valence-corrected chi connectivity index (χ2v) is 6.26. The molecule has 6 heteroatoms. The minimum Gasteiger partial charge on any atom is -0.467 e. The number of ether oxygens (including phenoxy) is 2. The van der Waals surface area contributed by atoms with Gasteiger partial charge in [0.15, 0.2) is 0 Å². The second kappa shape index (κ2) is 5.94. The summed E-state index contributed by atoms with van der Waals surface area (Å²) in [6.45, 7) is 5.35. The topological polar surface area (TPSA) is 55.8 Å². The molecule has 22 heavy (non-hydrogen) atoms. The van der Waals surface area contributed by atoms with E-state index in [1.807, 2.05) is 0 Å². The molecule has 5 nitrogen and oxygen atoms in total. The fourth-order valence-corrected chi connectivity index (χ4v) is 2.41. The number of carbonyl (C=O) groups is 2. The van der Waals surface area contributed by atoms with E-state index in [9.17, 15) is 14.0 Å². The van der Waals surface area contributed by atoms with Crippen molar-refractivity contribution >= 4 is 12.1 Å². The van der Waals surface area contributed by atoms with Crippen molar-refractivity contribution in [2.45, 2.75) is 45.4 Å². The molecular formula is C16H20FNO4. The zero-order valence-corrected chi connectivity index (χ0v) is 13.2. The van der Waals surface area contributed by atoms with E-state index in [1.54, 1.807) is 26.8 Å². The number of carbonyl (C=O) groups excluding carboxylic acids is 2. The van der Waals surface area contributed by atoms with Gasteiger partial charge in [-0.3, -0.25) is 4.90 Å². The third kappa shape index (κ3) is 3.55. The molecule has 120 valence electrons. The standard InChI is InChI=1S/C16H20FNO4/c1-16(2,3)22-15(20)18-9-11-7-12(17)6-5-10(11)8-13(18)14(19)21-4/h5-7,13H,8-9H2,1-4H3/t13-/m1/s1. The van der Waals surface area contributed by atoms with Crippen LogP contribution >= 0.6 is 0 Å². The Balaban J connectivity index is 2.32. The molecule has 0 radical (unpaired) electrons. The predicted octanol–water partition coefficient (Wildman–Crippen LogP) is 2.66. The quantitative estimate of drug-likeness (QED) is 0.748. The number of benzene rings is 1. The van der Waals surface area contributed by atoms with E-state index in [-0.39, 0.29) is 18.8 Å². The molecule has 0 aromatic heterocycles.